The molecule has 38 heavy (non-hydrogen) atoms. The second-order valence-corrected chi connectivity index (χ2v) is 12.0. The first-order valence-corrected chi connectivity index (χ1v) is 14.8. The summed E-state index contributed by atoms with van der Waals surface area (Å²) in [7, 11) is 4.33. The van der Waals surface area contributed by atoms with Crippen LogP contribution in [0, 0.1) is 11.8 Å². The predicted molar refractivity (Wildman–Crippen MR) is 156 cm³/mol. The average molecular weight is 536 g/mol. The highest BCUT2D eigenvalue weighted by Crippen LogP contribution is 2.40. The van der Waals surface area contributed by atoms with Crippen LogP contribution in [0.5, 0.6) is 0 Å². The number of amides is 1. The number of H-pyrrole nitrogens is 1. The van der Waals surface area contributed by atoms with Crippen LogP contribution in [0.1, 0.15) is 73.9 Å². The number of hydrogen-bond donors (Lipinski definition) is 1. The Balaban J connectivity index is 1.35. The molecule has 1 atom stereocenters. The van der Waals surface area contributed by atoms with Crippen molar-refractivity contribution < 1.29 is 9.53 Å². The molecule has 1 aromatic heterocycles. The second-order valence-electron chi connectivity index (χ2n) is 11.5. The quantitative estimate of drug-likeness (QED) is 0.323. The zero-order valence-electron chi connectivity index (χ0n) is 23.1. The van der Waals surface area contributed by atoms with E-state index in [0.717, 1.165) is 51.9 Å². The molecule has 1 aliphatic carbocycles. The lowest BCUT2D eigenvalue weighted by atomic mass is 9.77. The lowest BCUT2D eigenvalue weighted by molar-refractivity contribution is 0.0932. The summed E-state index contributed by atoms with van der Waals surface area (Å²) in [5.41, 5.74) is 5.91. The first-order valence-electron chi connectivity index (χ1n) is 14.4. The molecule has 5 rings (SSSR count). The monoisotopic (exact) mass is 535 g/mol. The van der Waals surface area contributed by atoms with E-state index in [0.29, 0.717) is 13.2 Å². The van der Waals surface area contributed by atoms with Gasteiger partial charge in [-0.1, -0.05) is 48.7 Å². The van der Waals surface area contributed by atoms with E-state index in [1.54, 1.807) is 0 Å². The van der Waals surface area contributed by atoms with E-state index >= 15 is 0 Å². The molecule has 6 heteroatoms. The first-order chi connectivity index (χ1) is 18.4. The molecule has 1 saturated carbocycles. The van der Waals surface area contributed by atoms with Crippen LogP contribution in [0.15, 0.2) is 42.5 Å². The highest BCUT2D eigenvalue weighted by atomic mass is 35.5. The normalized spacial score (nSPS) is 21.6. The molecule has 204 valence electrons. The molecule has 0 saturated heterocycles. The molecular formula is C32H42ClN3O2. The molecule has 1 fully saturated rings. The van der Waals surface area contributed by atoms with Gasteiger partial charge in [0.15, 0.2) is 0 Å². The molecule has 5 nitrogen and oxygen atoms in total. The minimum atomic E-state index is -0.252. The summed E-state index contributed by atoms with van der Waals surface area (Å²) in [6.45, 7) is 4.06. The van der Waals surface area contributed by atoms with Crippen molar-refractivity contribution in [1.82, 2.24) is 14.8 Å². The summed E-state index contributed by atoms with van der Waals surface area (Å²) in [4.78, 5) is 20.9. The number of carbonyl (C=O) groups is 1. The maximum atomic E-state index is 13.1. The van der Waals surface area contributed by atoms with Crippen molar-refractivity contribution in [1.29, 1.82) is 0 Å². The predicted octanol–water partition coefficient (Wildman–Crippen LogP) is 7.62. The van der Waals surface area contributed by atoms with Gasteiger partial charge in [-0.2, -0.15) is 0 Å². The van der Waals surface area contributed by atoms with Gasteiger partial charge in [-0.15, -0.1) is 0 Å². The Bertz CT molecular complexity index is 1240. The lowest BCUT2D eigenvalue weighted by Gasteiger charge is -2.35. The van der Waals surface area contributed by atoms with Gasteiger partial charge in [-0.25, -0.2) is 4.79 Å². The van der Waals surface area contributed by atoms with E-state index < -0.39 is 0 Å². The van der Waals surface area contributed by atoms with Crippen molar-refractivity contribution >= 4 is 28.6 Å². The summed E-state index contributed by atoms with van der Waals surface area (Å²) in [6, 6.07) is 14.7. The van der Waals surface area contributed by atoms with E-state index in [9.17, 15) is 4.79 Å². The number of rotatable bonds is 8. The van der Waals surface area contributed by atoms with E-state index in [1.807, 2.05) is 30.0 Å². The van der Waals surface area contributed by atoms with Crippen molar-refractivity contribution in [3.63, 3.8) is 0 Å². The van der Waals surface area contributed by atoms with Gasteiger partial charge in [0, 0.05) is 28.2 Å². The minimum absolute atomic E-state index is 0.198. The average Bonchev–Trinajstić information content (AvgIpc) is 3.27. The number of aromatic nitrogens is 1. The Hall–Kier alpha value is -2.50. The fourth-order valence-electron chi connectivity index (χ4n) is 6.65. The number of ether oxygens (including phenoxy) is 1. The van der Waals surface area contributed by atoms with Gasteiger partial charge in [0.25, 0.3) is 0 Å². The molecular weight excluding hydrogens is 494 g/mol. The van der Waals surface area contributed by atoms with E-state index in [2.05, 4.69) is 48.2 Å². The summed E-state index contributed by atoms with van der Waals surface area (Å²) < 4.78 is 5.49. The summed E-state index contributed by atoms with van der Waals surface area (Å²) in [6.07, 6.45) is 9.68. The number of fused-ring (bicyclic) bond motifs is 3. The Kier molecular flexibility index (Phi) is 8.64. The van der Waals surface area contributed by atoms with Gasteiger partial charge in [0.1, 0.15) is 6.04 Å². The van der Waals surface area contributed by atoms with Crippen molar-refractivity contribution in [3.05, 3.63) is 69.9 Å². The zero-order valence-corrected chi connectivity index (χ0v) is 23.9. The molecule has 2 aromatic carbocycles. The molecule has 1 unspecified atom stereocenters. The third-order valence-electron chi connectivity index (χ3n) is 8.57. The van der Waals surface area contributed by atoms with Crippen LogP contribution in [0.3, 0.4) is 0 Å². The number of aromatic amines is 1. The minimum Gasteiger partial charge on any atom is -0.450 e. The Morgan fingerprint density at radius 2 is 1.89 bits per heavy atom. The highest BCUT2D eigenvalue weighted by Gasteiger charge is 2.35. The molecule has 0 bridgehead atoms. The van der Waals surface area contributed by atoms with Crippen LogP contribution >= 0.6 is 11.6 Å². The Morgan fingerprint density at radius 1 is 1.11 bits per heavy atom. The van der Waals surface area contributed by atoms with Crippen molar-refractivity contribution in [2.24, 2.45) is 11.8 Å². The first kappa shape index (κ1) is 27.1. The van der Waals surface area contributed by atoms with Crippen molar-refractivity contribution in [2.45, 2.75) is 64.3 Å². The molecule has 1 amide bonds. The molecule has 2 aliphatic rings. The fourth-order valence-corrected chi connectivity index (χ4v) is 6.83. The Labute approximate surface area is 232 Å². The zero-order chi connectivity index (χ0) is 26.6. The standard InChI is InChI=1S/C32H42ClN3O2/c1-4-38-32(37)36-18-16-27-28-21-26(33)14-15-29(28)34-30(27)31(36)25-9-5-7-24(20-25)19-23-12-10-22(11-13-23)8-6-17-35(2)3/h5,7,9,14-15,20-23,31,34H,4,6,8,10-13,16-19H2,1-3H3. The second kappa shape index (κ2) is 12.1. The summed E-state index contributed by atoms with van der Waals surface area (Å²) >= 11 is 6.35. The van der Waals surface area contributed by atoms with Gasteiger partial charge in [0.05, 0.1) is 6.61 Å². The van der Waals surface area contributed by atoms with Crippen LogP contribution in [0.4, 0.5) is 4.79 Å². The van der Waals surface area contributed by atoms with Gasteiger partial charge in [-0.3, -0.25) is 4.90 Å². The van der Waals surface area contributed by atoms with Crippen LogP contribution in [0.25, 0.3) is 10.9 Å². The molecule has 1 N–H and O–H groups in total. The smallest absolute Gasteiger partial charge is 0.410 e. The van der Waals surface area contributed by atoms with Gasteiger partial charge < -0.3 is 14.6 Å². The maximum absolute atomic E-state index is 13.1. The molecule has 2 heterocycles. The number of carbonyl (C=O) groups excluding carboxylic acids is 1. The van der Waals surface area contributed by atoms with Crippen molar-refractivity contribution in [3.8, 4) is 0 Å². The fraction of sp³-hybridized carbons (Fsp3) is 0.531. The van der Waals surface area contributed by atoms with Crippen LogP contribution < -0.4 is 0 Å². The van der Waals surface area contributed by atoms with Gasteiger partial charge in [0.2, 0.25) is 0 Å². The van der Waals surface area contributed by atoms with Crippen LogP contribution in [0.2, 0.25) is 5.02 Å². The largest absolute Gasteiger partial charge is 0.450 e. The third kappa shape index (κ3) is 6.05. The third-order valence-corrected chi connectivity index (χ3v) is 8.80. The van der Waals surface area contributed by atoms with Crippen molar-refractivity contribution in [2.75, 3.05) is 33.8 Å². The van der Waals surface area contributed by atoms with Gasteiger partial charge in [-0.05, 0) is 113 Å². The van der Waals surface area contributed by atoms with E-state index in [4.69, 9.17) is 16.3 Å². The van der Waals surface area contributed by atoms with Crippen LogP contribution in [-0.2, 0) is 17.6 Å². The maximum Gasteiger partial charge on any atom is 0.410 e. The van der Waals surface area contributed by atoms with E-state index in [1.165, 1.54) is 56.2 Å². The highest BCUT2D eigenvalue weighted by molar-refractivity contribution is 6.31. The Morgan fingerprint density at radius 3 is 2.66 bits per heavy atom. The summed E-state index contributed by atoms with van der Waals surface area (Å²) in [5.74, 6) is 1.64. The number of benzene rings is 2. The molecule has 3 aromatic rings. The SMILES string of the molecule is CCOC(=O)N1CCc2c([nH]c3ccc(Cl)cc23)C1c1cccc(CC2CCC(CCCN(C)C)CC2)c1. The molecule has 0 spiro atoms. The number of halogens is 1. The number of nitrogens with one attached hydrogen (secondary N) is 1. The topological polar surface area (TPSA) is 48.6 Å². The lowest BCUT2D eigenvalue weighted by Crippen LogP contribution is -2.41. The van der Waals surface area contributed by atoms with Crippen LogP contribution in [-0.4, -0.2) is 54.7 Å². The summed E-state index contributed by atoms with van der Waals surface area (Å²) in [5, 5.41) is 1.89. The molecule has 1 aliphatic heterocycles. The number of hydrogen-bond acceptors (Lipinski definition) is 3. The van der Waals surface area contributed by atoms with Gasteiger partial charge >= 0.3 is 6.09 Å². The molecule has 0 radical (unpaired) electrons. The van der Waals surface area contributed by atoms with E-state index in [-0.39, 0.29) is 12.1 Å². The number of nitrogens with zero attached hydrogens (tertiary/aromatic N) is 2.